The van der Waals surface area contributed by atoms with E-state index >= 15 is 0 Å². The largest absolute Gasteiger partial charge is 0.426 e. The van der Waals surface area contributed by atoms with E-state index in [0.717, 1.165) is 12.8 Å². The third kappa shape index (κ3) is 0.561. The average molecular weight is 136 g/mol. The van der Waals surface area contributed by atoms with Gasteiger partial charge in [0.2, 0.25) is 0 Å². The molecule has 2 aliphatic rings. The summed E-state index contributed by atoms with van der Waals surface area (Å²) in [6, 6.07) is 0. The van der Waals surface area contributed by atoms with Crippen molar-refractivity contribution in [2.45, 2.75) is 12.8 Å². The maximum absolute atomic E-state index is 11.0. The van der Waals surface area contributed by atoms with Crippen molar-refractivity contribution in [3.63, 3.8) is 0 Å². The van der Waals surface area contributed by atoms with Crippen LogP contribution < -0.4 is 0 Å². The monoisotopic (exact) mass is 136 g/mol. The summed E-state index contributed by atoms with van der Waals surface area (Å²) in [7, 11) is 0. The summed E-state index contributed by atoms with van der Waals surface area (Å²) in [6.45, 7) is 3.52. The third-order valence-corrected chi connectivity index (χ3v) is 2.03. The van der Waals surface area contributed by atoms with Crippen molar-refractivity contribution < 1.29 is 9.53 Å². The zero-order valence-electron chi connectivity index (χ0n) is 5.59. The van der Waals surface area contributed by atoms with Gasteiger partial charge in [-0.1, -0.05) is 6.58 Å². The van der Waals surface area contributed by atoms with Crippen molar-refractivity contribution >= 4 is 5.97 Å². The van der Waals surface area contributed by atoms with Crippen LogP contribution >= 0.6 is 0 Å². The lowest BCUT2D eigenvalue weighted by molar-refractivity contribution is -0.140. The number of allylic oxidation sites excluding steroid dienone is 1. The number of cyclic esters (lactones) is 1. The highest BCUT2D eigenvalue weighted by molar-refractivity contribution is 5.86. The van der Waals surface area contributed by atoms with E-state index in [1.807, 2.05) is 6.08 Å². The Bertz CT molecular complexity index is 234. The predicted octanol–water partition coefficient (Wildman–Crippen LogP) is 1.39. The molecule has 1 aliphatic carbocycles. The molecule has 0 bridgehead atoms. The van der Waals surface area contributed by atoms with E-state index in [0.29, 0.717) is 5.76 Å². The van der Waals surface area contributed by atoms with E-state index in [9.17, 15) is 4.79 Å². The van der Waals surface area contributed by atoms with Gasteiger partial charge in [-0.05, 0) is 25.0 Å². The molecular formula is C8H8O2. The van der Waals surface area contributed by atoms with Crippen LogP contribution in [0.3, 0.4) is 0 Å². The molecule has 0 aromatic heterocycles. The fourth-order valence-electron chi connectivity index (χ4n) is 1.15. The van der Waals surface area contributed by atoms with Gasteiger partial charge in [0.05, 0.1) is 5.41 Å². The van der Waals surface area contributed by atoms with E-state index in [-0.39, 0.29) is 11.4 Å². The first-order valence-corrected chi connectivity index (χ1v) is 3.34. The second kappa shape index (κ2) is 1.51. The van der Waals surface area contributed by atoms with Crippen LogP contribution in [0.15, 0.2) is 24.5 Å². The van der Waals surface area contributed by atoms with Crippen molar-refractivity contribution in [2.24, 2.45) is 5.41 Å². The standard InChI is InChI=1S/C8H8O2/c1-2-6-5-8(3-4-8)7(9)10-6/h2,5H,1,3-4H2. The van der Waals surface area contributed by atoms with Gasteiger partial charge < -0.3 is 4.74 Å². The van der Waals surface area contributed by atoms with E-state index in [1.54, 1.807) is 6.08 Å². The molecule has 10 heavy (non-hydrogen) atoms. The van der Waals surface area contributed by atoms with Gasteiger partial charge in [0, 0.05) is 0 Å². The number of esters is 1. The van der Waals surface area contributed by atoms with Crippen LogP contribution in [-0.2, 0) is 9.53 Å². The van der Waals surface area contributed by atoms with Crippen LogP contribution in [0.1, 0.15) is 12.8 Å². The molecule has 2 heteroatoms. The Morgan fingerprint density at radius 2 is 2.40 bits per heavy atom. The number of hydrogen-bond donors (Lipinski definition) is 0. The second-order valence-electron chi connectivity index (χ2n) is 2.80. The predicted molar refractivity (Wildman–Crippen MR) is 36.0 cm³/mol. The molecule has 0 aromatic carbocycles. The minimum Gasteiger partial charge on any atom is -0.426 e. The van der Waals surface area contributed by atoms with Gasteiger partial charge in [0.25, 0.3) is 0 Å². The number of ether oxygens (including phenoxy) is 1. The minimum absolute atomic E-state index is 0.0950. The summed E-state index contributed by atoms with van der Waals surface area (Å²) in [5.41, 5.74) is -0.219. The molecule has 1 aliphatic heterocycles. The summed E-state index contributed by atoms with van der Waals surface area (Å²) in [6.07, 6.45) is 5.35. The van der Waals surface area contributed by atoms with Crippen molar-refractivity contribution in [3.8, 4) is 0 Å². The lowest BCUT2D eigenvalue weighted by Crippen LogP contribution is -2.07. The molecule has 0 radical (unpaired) electrons. The van der Waals surface area contributed by atoms with Crippen LogP contribution in [0.5, 0.6) is 0 Å². The average Bonchev–Trinajstić information content (AvgIpc) is 2.60. The van der Waals surface area contributed by atoms with E-state index < -0.39 is 0 Å². The van der Waals surface area contributed by atoms with Gasteiger partial charge >= 0.3 is 5.97 Å². The van der Waals surface area contributed by atoms with E-state index in [1.165, 1.54) is 0 Å². The first-order valence-electron chi connectivity index (χ1n) is 3.34. The Hall–Kier alpha value is -1.05. The smallest absolute Gasteiger partial charge is 0.321 e. The van der Waals surface area contributed by atoms with E-state index in [4.69, 9.17) is 4.74 Å². The quantitative estimate of drug-likeness (QED) is 0.509. The Balaban J connectivity index is 2.31. The van der Waals surface area contributed by atoms with Crippen molar-refractivity contribution in [1.82, 2.24) is 0 Å². The van der Waals surface area contributed by atoms with Gasteiger partial charge in [0.1, 0.15) is 5.76 Å². The SMILES string of the molecule is C=CC1=CC2(CC2)C(=O)O1. The summed E-state index contributed by atoms with van der Waals surface area (Å²) in [5.74, 6) is 0.532. The fraction of sp³-hybridized carbons (Fsp3) is 0.375. The van der Waals surface area contributed by atoms with Gasteiger partial charge in [-0.25, -0.2) is 0 Å². The Morgan fingerprint density at radius 3 is 2.70 bits per heavy atom. The van der Waals surface area contributed by atoms with Gasteiger partial charge in [0.15, 0.2) is 0 Å². The highest BCUT2D eigenvalue weighted by Gasteiger charge is 2.53. The molecule has 1 heterocycles. The summed E-state index contributed by atoms with van der Waals surface area (Å²) in [5, 5.41) is 0. The number of carbonyl (C=O) groups excluding carboxylic acids is 1. The topological polar surface area (TPSA) is 26.3 Å². The first kappa shape index (κ1) is 5.71. The lowest BCUT2D eigenvalue weighted by atomic mass is 10.1. The zero-order valence-corrected chi connectivity index (χ0v) is 5.59. The highest BCUT2D eigenvalue weighted by Crippen LogP contribution is 2.52. The summed E-state index contributed by atoms with van der Waals surface area (Å²) >= 11 is 0. The molecule has 1 fully saturated rings. The molecule has 0 atom stereocenters. The molecule has 0 amide bonds. The number of rotatable bonds is 1. The molecule has 0 unspecified atom stereocenters. The number of carbonyl (C=O) groups is 1. The molecule has 1 spiro atoms. The van der Waals surface area contributed by atoms with Crippen LogP contribution in [0.25, 0.3) is 0 Å². The minimum atomic E-state index is -0.219. The Kier molecular flexibility index (Phi) is 0.862. The molecule has 0 N–H and O–H groups in total. The fourth-order valence-corrected chi connectivity index (χ4v) is 1.15. The van der Waals surface area contributed by atoms with Crippen molar-refractivity contribution in [2.75, 3.05) is 0 Å². The highest BCUT2D eigenvalue weighted by atomic mass is 16.5. The molecule has 0 aromatic rings. The van der Waals surface area contributed by atoms with E-state index in [2.05, 4.69) is 6.58 Å². The molecular weight excluding hydrogens is 128 g/mol. The molecule has 52 valence electrons. The van der Waals surface area contributed by atoms with Gasteiger partial charge in [-0.15, -0.1) is 0 Å². The van der Waals surface area contributed by atoms with Crippen LogP contribution in [0, 0.1) is 5.41 Å². The number of hydrogen-bond acceptors (Lipinski definition) is 2. The normalized spacial score (nSPS) is 26.0. The molecule has 2 nitrogen and oxygen atoms in total. The lowest BCUT2D eigenvalue weighted by Gasteiger charge is -1.95. The molecule has 2 rings (SSSR count). The van der Waals surface area contributed by atoms with Crippen LogP contribution in [0.4, 0.5) is 0 Å². The van der Waals surface area contributed by atoms with Crippen LogP contribution in [0.2, 0.25) is 0 Å². The third-order valence-electron chi connectivity index (χ3n) is 2.03. The molecule has 0 saturated heterocycles. The van der Waals surface area contributed by atoms with Crippen LogP contribution in [-0.4, -0.2) is 5.97 Å². The van der Waals surface area contributed by atoms with Gasteiger partial charge in [-0.3, -0.25) is 4.79 Å². The van der Waals surface area contributed by atoms with Crippen molar-refractivity contribution in [3.05, 3.63) is 24.5 Å². The Labute approximate surface area is 59.2 Å². The Morgan fingerprint density at radius 1 is 1.70 bits per heavy atom. The summed E-state index contributed by atoms with van der Waals surface area (Å²) in [4.78, 5) is 11.0. The second-order valence-corrected chi connectivity index (χ2v) is 2.80. The van der Waals surface area contributed by atoms with Gasteiger partial charge in [-0.2, -0.15) is 0 Å². The molecule has 1 saturated carbocycles. The van der Waals surface area contributed by atoms with Crippen molar-refractivity contribution in [1.29, 1.82) is 0 Å². The first-order chi connectivity index (χ1) is 4.77. The summed E-state index contributed by atoms with van der Waals surface area (Å²) < 4.78 is 4.89. The zero-order chi connectivity index (χ0) is 7.19. The maximum atomic E-state index is 11.0. The maximum Gasteiger partial charge on any atom is 0.321 e.